The molecule has 0 aliphatic carbocycles. The Morgan fingerprint density at radius 1 is 1.38 bits per heavy atom. The predicted octanol–water partition coefficient (Wildman–Crippen LogP) is 0.535. The minimum atomic E-state index is -1.42. The molecule has 0 aromatic heterocycles. The van der Waals surface area contributed by atoms with E-state index in [4.69, 9.17) is 0 Å². The number of rotatable bonds is 5. The largest absolute Gasteiger partial charge is 0.507 e. The molecule has 0 heterocycles. The lowest BCUT2D eigenvalue weighted by Gasteiger charge is -2.19. The number of benzene rings is 1. The van der Waals surface area contributed by atoms with Crippen molar-refractivity contribution in [3.63, 3.8) is 0 Å². The molecule has 4 N–H and O–H groups in total. The molecule has 2 unspecified atom stereocenters. The minimum Gasteiger partial charge on any atom is -0.507 e. The molecule has 0 radical (unpaired) electrons. The molecule has 1 aromatic carbocycles. The minimum absolute atomic E-state index is 0.258. The van der Waals surface area contributed by atoms with Crippen LogP contribution >= 0.6 is 0 Å². The number of aliphatic hydroxyl groups is 2. The van der Waals surface area contributed by atoms with Gasteiger partial charge in [-0.15, -0.1) is 0 Å². The fraction of sp³-hybridized carbons (Fsp3) is 0.455. The van der Waals surface area contributed by atoms with Crippen molar-refractivity contribution in [2.75, 3.05) is 13.6 Å². The van der Waals surface area contributed by atoms with Crippen molar-refractivity contribution in [2.45, 2.75) is 18.6 Å². The molecular weight excluding hydrogens is 213 g/mol. The van der Waals surface area contributed by atoms with Crippen LogP contribution in [0.5, 0.6) is 5.75 Å². The standard InChI is InChI=1S/C11H16FNO3/c1-13-6-5-9(15)11(16)10-7(12)3-2-4-8(10)14/h2-4,9,11,13-16H,5-6H2,1H3. The van der Waals surface area contributed by atoms with Crippen LogP contribution in [0, 0.1) is 5.82 Å². The number of aliphatic hydroxyl groups excluding tert-OH is 2. The molecule has 90 valence electrons. The SMILES string of the molecule is CNCCC(O)C(O)c1c(O)cccc1F. The molecule has 16 heavy (non-hydrogen) atoms. The number of hydrogen-bond donors (Lipinski definition) is 4. The van der Waals surface area contributed by atoms with Crippen LogP contribution in [0.4, 0.5) is 4.39 Å². The van der Waals surface area contributed by atoms with Gasteiger partial charge >= 0.3 is 0 Å². The van der Waals surface area contributed by atoms with E-state index in [2.05, 4.69) is 5.32 Å². The van der Waals surface area contributed by atoms with Crippen LogP contribution in [0.3, 0.4) is 0 Å². The first-order valence-electron chi connectivity index (χ1n) is 5.06. The second-order valence-corrected chi connectivity index (χ2v) is 3.58. The van der Waals surface area contributed by atoms with Crippen molar-refractivity contribution < 1.29 is 19.7 Å². The second kappa shape index (κ2) is 5.79. The Balaban J connectivity index is 2.82. The highest BCUT2D eigenvalue weighted by Crippen LogP contribution is 2.29. The molecular formula is C11H16FNO3. The van der Waals surface area contributed by atoms with Crippen LogP contribution in [0.1, 0.15) is 18.1 Å². The topological polar surface area (TPSA) is 72.7 Å². The predicted molar refractivity (Wildman–Crippen MR) is 57.6 cm³/mol. The molecule has 0 fully saturated rings. The monoisotopic (exact) mass is 229 g/mol. The van der Waals surface area contributed by atoms with E-state index in [1.165, 1.54) is 12.1 Å². The number of halogens is 1. The maximum absolute atomic E-state index is 13.3. The molecule has 0 spiro atoms. The third-order valence-electron chi connectivity index (χ3n) is 2.38. The van der Waals surface area contributed by atoms with Gasteiger partial charge in [-0.25, -0.2) is 4.39 Å². The Morgan fingerprint density at radius 2 is 2.06 bits per heavy atom. The van der Waals surface area contributed by atoms with Crippen LogP contribution in [0.25, 0.3) is 0 Å². The third kappa shape index (κ3) is 2.91. The number of phenolic OH excluding ortho intramolecular Hbond substituents is 1. The molecule has 5 heteroatoms. The van der Waals surface area contributed by atoms with Gasteiger partial charge in [-0.2, -0.15) is 0 Å². The second-order valence-electron chi connectivity index (χ2n) is 3.58. The zero-order valence-corrected chi connectivity index (χ0v) is 9.02. The normalized spacial score (nSPS) is 14.8. The van der Waals surface area contributed by atoms with E-state index in [-0.39, 0.29) is 17.7 Å². The molecule has 4 nitrogen and oxygen atoms in total. The average molecular weight is 229 g/mol. The Labute approximate surface area is 93.4 Å². The molecule has 0 amide bonds. The van der Waals surface area contributed by atoms with Gasteiger partial charge in [0.25, 0.3) is 0 Å². The van der Waals surface area contributed by atoms with Crippen molar-refractivity contribution in [1.29, 1.82) is 0 Å². The fourth-order valence-electron chi connectivity index (χ4n) is 1.46. The molecule has 1 rings (SSSR count). The van der Waals surface area contributed by atoms with Gasteiger partial charge in [-0.05, 0) is 32.1 Å². The van der Waals surface area contributed by atoms with E-state index in [0.29, 0.717) is 6.54 Å². The third-order valence-corrected chi connectivity index (χ3v) is 2.38. The summed E-state index contributed by atoms with van der Waals surface area (Å²) in [6.45, 7) is 0.493. The summed E-state index contributed by atoms with van der Waals surface area (Å²) in [5.74, 6) is -1.08. The summed E-state index contributed by atoms with van der Waals surface area (Å²) in [4.78, 5) is 0. The molecule has 0 aliphatic rings. The smallest absolute Gasteiger partial charge is 0.132 e. The van der Waals surface area contributed by atoms with Crippen molar-refractivity contribution in [3.05, 3.63) is 29.6 Å². The maximum atomic E-state index is 13.3. The van der Waals surface area contributed by atoms with Crippen molar-refractivity contribution >= 4 is 0 Å². The zero-order valence-electron chi connectivity index (χ0n) is 9.02. The van der Waals surface area contributed by atoms with Gasteiger partial charge in [0.05, 0.1) is 11.7 Å². The summed E-state index contributed by atoms with van der Waals surface area (Å²) >= 11 is 0. The summed E-state index contributed by atoms with van der Waals surface area (Å²) in [5.41, 5.74) is -0.258. The summed E-state index contributed by atoms with van der Waals surface area (Å²) in [6, 6.07) is 3.73. The first-order chi connectivity index (χ1) is 7.57. The van der Waals surface area contributed by atoms with Gasteiger partial charge in [-0.3, -0.25) is 0 Å². The number of hydrogen-bond acceptors (Lipinski definition) is 4. The fourth-order valence-corrected chi connectivity index (χ4v) is 1.46. The number of aromatic hydroxyl groups is 1. The first-order valence-corrected chi connectivity index (χ1v) is 5.06. The molecule has 0 aliphatic heterocycles. The Hall–Kier alpha value is -1.17. The van der Waals surface area contributed by atoms with E-state index in [1.807, 2.05) is 0 Å². The Morgan fingerprint density at radius 3 is 2.62 bits per heavy atom. The Kier molecular flexibility index (Phi) is 4.67. The lowest BCUT2D eigenvalue weighted by Crippen LogP contribution is -2.24. The van der Waals surface area contributed by atoms with Gasteiger partial charge in [0.15, 0.2) is 0 Å². The van der Waals surface area contributed by atoms with Crippen LogP contribution in [0.2, 0.25) is 0 Å². The molecule has 0 saturated carbocycles. The summed E-state index contributed by atoms with van der Waals surface area (Å²) < 4.78 is 13.3. The summed E-state index contributed by atoms with van der Waals surface area (Å²) in [7, 11) is 1.71. The van der Waals surface area contributed by atoms with E-state index >= 15 is 0 Å². The maximum Gasteiger partial charge on any atom is 0.132 e. The lowest BCUT2D eigenvalue weighted by atomic mass is 10.0. The number of nitrogens with one attached hydrogen (secondary N) is 1. The molecule has 1 aromatic rings. The van der Waals surface area contributed by atoms with Crippen molar-refractivity contribution in [2.24, 2.45) is 0 Å². The van der Waals surface area contributed by atoms with Crippen LogP contribution < -0.4 is 5.32 Å². The van der Waals surface area contributed by atoms with Crippen LogP contribution in [-0.2, 0) is 0 Å². The highest BCUT2D eigenvalue weighted by Gasteiger charge is 2.23. The Bertz CT molecular complexity index is 326. The van der Waals surface area contributed by atoms with Gasteiger partial charge in [0.1, 0.15) is 17.7 Å². The van der Waals surface area contributed by atoms with Crippen LogP contribution in [0.15, 0.2) is 18.2 Å². The van der Waals surface area contributed by atoms with E-state index < -0.39 is 18.0 Å². The van der Waals surface area contributed by atoms with Gasteiger partial charge in [-0.1, -0.05) is 6.07 Å². The molecule has 2 atom stereocenters. The van der Waals surface area contributed by atoms with Gasteiger partial charge in [0.2, 0.25) is 0 Å². The summed E-state index contributed by atoms with van der Waals surface area (Å²) in [6.07, 6.45) is -2.27. The van der Waals surface area contributed by atoms with E-state index in [0.717, 1.165) is 6.07 Å². The average Bonchev–Trinajstić information content (AvgIpc) is 2.25. The first kappa shape index (κ1) is 12.9. The van der Waals surface area contributed by atoms with E-state index in [9.17, 15) is 19.7 Å². The number of phenols is 1. The molecule has 0 bridgehead atoms. The highest BCUT2D eigenvalue weighted by atomic mass is 19.1. The van der Waals surface area contributed by atoms with Gasteiger partial charge < -0.3 is 20.6 Å². The van der Waals surface area contributed by atoms with Crippen LogP contribution in [-0.4, -0.2) is 35.0 Å². The van der Waals surface area contributed by atoms with Gasteiger partial charge in [0, 0.05) is 0 Å². The van der Waals surface area contributed by atoms with Crippen molar-refractivity contribution in [1.82, 2.24) is 5.32 Å². The quantitative estimate of drug-likeness (QED) is 0.594. The molecule has 0 saturated heterocycles. The zero-order chi connectivity index (χ0) is 12.1. The lowest BCUT2D eigenvalue weighted by molar-refractivity contribution is 0.0106. The summed E-state index contributed by atoms with van der Waals surface area (Å²) in [5, 5.41) is 31.5. The van der Waals surface area contributed by atoms with Crippen molar-refractivity contribution in [3.8, 4) is 5.75 Å². The van der Waals surface area contributed by atoms with E-state index in [1.54, 1.807) is 7.05 Å². The highest BCUT2D eigenvalue weighted by molar-refractivity contribution is 5.35.